The predicted molar refractivity (Wildman–Crippen MR) is 56.6 cm³/mol. The van der Waals surface area contributed by atoms with Crippen molar-refractivity contribution in [3.63, 3.8) is 0 Å². The molecule has 0 aliphatic heterocycles. The molecule has 0 aliphatic rings. The van der Waals surface area contributed by atoms with Crippen molar-refractivity contribution in [2.45, 2.75) is 12.6 Å². The normalized spacial score (nSPS) is 10.8. The molecule has 0 aliphatic carbocycles. The third-order valence-electron chi connectivity index (χ3n) is 1.74. The predicted octanol–water partition coefficient (Wildman–Crippen LogP) is 4.18. The summed E-state index contributed by atoms with van der Waals surface area (Å²) < 4.78 is 49.3. The van der Waals surface area contributed by atoms with Gasteiger partial charge in [-0.25, -0.2) is 0 Å². The van der Waals surface area contributed by atoms with E-state index in [-0.39, 0.29) is 12.0 Å². The Kier molecular flexibility index (Phi) is 4.36. The molecule has 0 N–H and O–H groups in total. The molecule has 0 saturated carbocycles. The Labute approximate surface area is 98.8 Å². The van der Waals surface area contributed by atoms with Gasteiger partial charge in [0.05, 0.1) is 5.56 Å². The summed E-state index contributed by atoms with van der Waals surface area (Å²) in [6, 6.07) is 3.18. The summed E-state index contributed by atoms with van der Waals surface area (Å²) in [5.74, 6) is 4.94. The average Bonchev–Trinajstić information content (AvgIpc) is 2.19. The fraction of sp³-hybridized carbons (Fsp3) is 0.273. The first-order chi connectivity index (χ1) is 7.45. The molecule has 0 saturated heterocycles. The Bertz CT molecular complexity index is 426. The molecule has 1 rings (SSSR count). The SMILES string of the molecule is FCCC#Cc1cc(C(F)(F)F)ccc1Br. The molecule has 0 atom stereocenters. The number of rotatable bonds is 1. The molecule has 86 valence electrons. The molecule has 0 unspecified atom stereocenters. The van der Waals surface area contributed by atoms with Gasteiger partial charge in [-0.3, -0.25) is 4.39 Å². The van der Waals surface area contributed by atoms with Gasteiger partial charge in [0, 0.05) is 16.5 Å². The van der Waals surface area contributed by atoms with Crippen LogP contribution in [-0.4, -0.2) is 6.67 Å². The van der Waals surface area contributed by atoms with Gasteiger partial charge in [0.2, 0.25) is 0 Å². The van der Waals surface area contributed by atoms with Crippen LogP contribution in [0.4, 0.5) is 17.6 Å². The second kappa shape index (κ2) is 5.35. The smallest absolute Gasteiger partial charge is 0.250 e. The van der Waals surface area contributed by atoms with E-state index in [0.29, 0.717) is 4.47 Å². The molecular weight excluding hydrogens is 288 g/mol. The van der Waals surface area contributed by atoms with Crippen LogP contribution in [0.3, 0.4) is 0 Å². The van der Waals surface area contributed by atoms with E-state index in [1.807, 2.05) is 0 Å². The average molecular weight is 295 g/mol. The fourth-order valence-electron chi connectivity index (χ4n) is 1.00. The van der Waals surface area contributed by atoms with Crippen LogP contribution in [0.1, 0.15) is 17.5 Å². The van der Waals surface area contributed by atoms with Crippen LogP contribution in [0.15, 0.2) is 22.7 Å². The Balaban J connectivity index is 3.06. The Morgan fingerprint density at radius 3 is 2.50 bits per heavy atom. The van der Waals surface area contributed by atoms with Crippen molar-refractivity contribution in [1.82, 2.24) is 0 Å². The largest absolute Gasteiger partial charge is 0.416 e. The maximum absolute atomic E-state index is 12.4. The van der Waals surface area contributed by atoms with Gasteiger partial charge in [0.15, 0.2) is 0 Å². The molecule has 1 aromatic rings. The highest BCUT2D eigenvalue weighted by Gasteiger charge is 2.30. The maximum atomic E-state index is 12.4. The highest BCUT2D eigenvalue weighted by molar-refractivity contribution is 9.10. The monoisotopic (exact) mass is 294 g/mol. The molecule has 0 nitrogen and oxygen atoms in total. The number of hydrogen-bond donors (Lipinski definition) is 0. The van der Waals surface area contributed by atoms with Crippen LogP contribution in [0.2, 0.25) is 0 Å². The molecule has 0 fully saturated rings. The maximum Gasteiger partial charge on any atom is 0.416 e. The summed E-state index contributed by atoms with van der Waals surface area (Å²) in [4.78, 5) is 0. The lowest BCUT2D eigenvalue weighted by Crippen LogP contribution is -2.04. The van der Waals surface area contributed by atoms with Crippen molar-refractivity contribution in [1.29, 1.82) is 0 Å². The van der Waals surface area contributed by atoms with Crippen LogP contribution < -0.4 is 0 Å². The van der Waals surface area contributed by atoms with Crippen LogP contribution in [0, 0.1) is 11.8 Å². The zero-order valence-corrected chi connectivity index (χ0v) is 9.62. The minimum atomic E-state index is -4.39. The van der Waals surface area contributed by atoms with Gasteiger partial charge >= 0.3 is 6.18 Å². The van der Waals surface area contributed by atoms with Crippen molar-refractivity contribution in [2.75, 3.05) is 6.67 Å². The first-order valence-corrected chi connectivity index (χ1v) is 5.16. The lowest BCUT2D eigenvalue weighted by molar-refractivity contribution is -0.137. The molecule has 0 heterocycles. The second-order valence-electron chi connectivity index (χ2n) is 2.93. The van der Waals surface area contributed by atoms with E-state index in [9.17, 15) is 17.6 Å². The Morgan fingerprint density at radius 2 is 1.94 bits per heavy atom. The van der Waals surface area contributed by atoms with Gasteiger partial charge in [0.1, 0.15) is 6.67 Å². The number of alkyl halides is 4. The van der Waals surface area contributed by atoms with Crippen LogP contribution >= 0.6 is 15.9 Å². The highest BCUT2D eigenvalue weighted by Crippen LogP contribution is 2.31. The number of halogens is 5. The van der Waals surface area contributed by atoms with Gasteiger partial charge in [-0.05, 0) is 34.1 Å². The van der Waals surface area contributed by atoms with E-state index < -0.39 is 18.4 Å². The van der Waals surface area contributed by atoms with Crippen molar-refractivity contribution in [3.8, 4) is 11.8 Å². The third kappa shape index (κ3) is 3.53. The zero-order valence-electron chi connectivity index (χ0n) is 8.04. The van der Waals surface area contributed by atoms with Crippen molar-refractivity contribution < 1.29 is 17.6 Å². The lowest BCUT2D eigenvalue weighted by atomic mass is 10.1. The summed E-state index contributed by atoms with van der Waals surface area (Å²) >= 11 is 3.09. The van der Waals surface area contributed by atoms with Crippen LogP contribution in [-0.2, 0) is 6.18 Å². The summed E-state index contributed by atoms with van der Waals surface area (Å²) in [5, 5.41) is 0. The molecule has 0 bridgehead atoms. The summed E-state index contributed by atoms with van der Waals surface area (Å²) in [6.07, 6.45) is -4.38. The van der Waals surface area contributed by atoms with E-state index in [1.54, 1.807) is 0 Å². The molecule has 0 spiro atoms. The second-order valence-corrected chi connectivity index (χ2v) is 3.79. The van der Waals surface area contributed by atoms with Crippen molar-refractivity contribution in [2.24, 2.45) is 0 Å². The quantitative estimate of drug-likeness (QED) is 0.538. The molecule has 5 heteroatoms. The Hall–Kier alpha value is -1.02. The topological polar surface area (TPSA) is 0 Å². The molecule has 0 radical (unpaired) electrons. The third-order valence-corrected chi connectivity index (χ3v) is 2.43. The van der Waals surface area contributed by atoms with Crippen LogP contribution in [0.25, 0.3) is 0 Å². The first-order valence-electron chi connectivity index (χ1n) is 4.36. The molecule has 0 amide bonds. The minimum absolute atomic E-state index is 0.0166. The minimum Gasteiger partial charge on any atom is -0.250 e. The molecule has 0 aromatic heterocycles. The summed E-state index contributed by atoms with van der Waals surface area (Å²) in [6.45, 7) is -0.608. The zero-order chi connectivity index (χ0) is 12.2. The summed E-state index contributed by atoms with van der Waals surface area (Å²) in [5.41, 5.74) is -0.552. The number of hydrogen-bond acceptors (Lipinski definition) is 0. The lowest BCUT2D eigenvalue weighted by Gasteiger charge is -2.07. The number of benzene rings is 1. The van der Waals surface area contributed by atoms with Gasteiger partial charge in [-0.1, -0.05) is 11.8 Å². The molecular formula is C11H7BrF4. The van der Waals surface area contributed by atoms with E-state index in [4.69, 9.17) is 0 Å². The first kappa shape index (κ1) is 13.0. The highest BCUT2D eigenvalue weighted by atomic mass is 79.9. The van der Waals surface area contributed by atoms with Gasteiger partial charge < -0.3 is 0 Å². The van der Waals surface area contributed by atoms with Gasteiger partial charge in [0.25, 0.3) is 0 Å². The standard InChI is InChI=1S/C11H7BrF4/c12-10-5-4-9(11(14,15)16)7-8(10)3-1-2-6-13/h4-5,7H,2,6H2. The summed E-state index contributed by atoms with van der Waals surface area (Å²) in [7, 11) is 0. The van der Waals surface area contributed by atoms with Crippen LogP contribution in [0.5, 0.6) is 0 Å². The van der Waals surface area contributed by atoms with Crippen molar-refractivity contribution in [3.05, 3.63) is 33.8 Å². The van der Waals surface area contributed by atoms with E-state index >= 15 is 0 Å². The van der Waals surface area contributed by atoms with E-state index in [0.717, 1.165) is 12.1 Å². The van der Waals surface area contributed by atoms with Gasteiger partial charge in [-0.15, -0.1) is 0 Å². The molecule has 16 heavy (non-hydrogen) atoms. The van der Waals surface area contributed by atoms with E-state index in [1.165, 1.54) is 6.07 Å². The Morgan fingerprint density at radius 1 is 1.25 bits per heavy atom. The fourth-order valence-corrected chi connectivity index (χ4v) is 1.35. The van der Waals surface area contributed by atoms with Crippen molar-refractivity contribution >= 4 is 15.9 Å². The molecule has 1 aromatic carbocycles. The van der Waals surface area contributed by atoms with E-state index in [2.05, 4.69) is 27.8 Å². The van der Waals surface area contributed by atoms with Gasteiger partial charge in [-0.2, -0.15) is 13.2 Å².